The molecule has 5 heteroatoms. The summed E-state index contributed by atoms with van der Waals surface area (Å²) >= 11 is 2.05. The van der Waals surface area contributed by atoms with E-state index in [0.717, 1.165) is 35.1 Å². The fourth-order valence-corrected chi connectivity index (χ4v) is 4.17. The van der Waals surface area contributed by atoms with E-state index in [0.29, 0.717) is 6.54 Å². The molecule has 3 aromatic rings. The average molecular weight is 299 g/mol. The number of imidazole rings is 1. The SMILES string of the molecule is c1coc(Cn2c(CC3CCSC3)nc3cccnc32)c1. The van der Waals surface area contributed by atoms with Crippen molar-refractivity contribution in [2.75, 3.05) is 11.5 Å². The summed E-state index contributed by atoms with van der Waals surface area (Å²) < 4.78 is 7.71. The van der Waals surface area contributed by atoms with Gasteiger partial charge in [-0.25, -0.2) is 9.97 Å². The molecule has 4 heterocycles. The molecule has 4 rings (SSSR count). The van der Waals surface area contributed by atoms with Crippen molar-refractivity contribution < 1.29 is 4.42 Å². The molecule has 1 saturated heterocycles. The van der Waals surface area contributed by atoms with Crippen LogP contribution in [0.25, 0.3) is 11.2 Å². The van der Waals surface area contributed by atoms with E-state index in [-0.39, 0.29) is 0 Å². The number of hydrogen-bond donors (Lipinski definition) is 0. The summed E-state index contributed by atoms with van der Waals surface area (Å²) in [5.41, 5.74) is 1.93. The van der Waals surface area contributed by atoms with Gasteiger partial charge in [0.2, 0.25) is 0 Å². The van der Waals surface area contributed by atoms with Crippen LogP contribution in [0.4, 0.5) is 0 Å². The first kappa shape index (κ1) is 13.0. The predicted octanol–water partition coefficient (Wildman–Crippen LogP) is 3.37. The standard InChI is InChI=1S/C16H17N3OS/c1-4-14-16(17-6-1)19(10-13-3-2-7-20-13)15(18-14)9-12-5-8-21-11-12/h1-4,6-7,12H,5,8-11H2. The minimum absolute atomic E-state index is 0.704. The zero-order valence-corrected chi connectivity index (χ0v) is 12.6. The first-order valence-electron chi connectivity index (χ1n) is 7.30. The number of pyridine rings is 1. The van der Waals surface area contributed by atoms with Gasteiger partial charge in [-0.3, -0.25) is 0 Å². The highest BCUT2D eigenvalue weighted by molar-refractivity contribution is 7.99. The van der Waals surface area contributed by atoms with Crippen LogP contribution >= 0.6 is 11.8 Å². The molecule has 0 amide bonds. The lowest BCUT2D eigenvalue weighted by molar-refractivity contribution is 0.483. The Morgan fingerprint density at radius 3 is 3.14 bits per heavy atom. The van der Waals surface area contributed by atoms with Gasteiger partial charge in [-0.1, -0.05) is 0 Å². The molecule has 21 heavy (non-hydrogen) atoms. The van der Waals surface area contributed by atoms with Crippen molar-refractivity contribution in [2.24, 2.45) is 5.92 Å². The highest BCUT2D eigenvalue weighted by atomic mass is 32.2. The van der Waals surface area contributed by atoms with E-state index in [9.17, 15) is 0 Å². The van der Waals surface area contributed by atoms with Gasteiger partial charge in [0.05, 0.1) is 12.8 Å². The first-order valence-corrected chi connectivity index (χ1v) is 8.46. The number of nitrogens with zero attached hydrogens (tertiary/aromatic N) is 3. The number of thioether (sulfide) groups is 1. The topological polar surface area (TPSA) is 43.9 Å². The van der Waals surface area contributed by atoms with E-state index >= 15 is 0 Å². The van der Waals surface area contributed by atoms with Crippen LogP contribution in [-0.4, -0.2) is 26.0 Å². The van der Waals surface area contributed by atoms with Crippen LogP contribution in [0.1, 0.15) is 18.0 Å². The molecule has 1 aliphatic heterocycles. The maximum absolute atomic E-state index is 5.50. The number of fused-ring (bicyclic) bond motifs is 1. The minimum Gasteiger partial charge on any atom is -0.467 e. The van der Waals surface area contributed by atoms with Crippen LogP contribution in [0.5, 0.6) is 0 Å². The van der Waals surface area contributed by atoms with Crippen molar-refractivity contribution in [3.8, 4) is 0 Å². The van der Waals surface area contributed by atoms with E-state index < -0.39 is 0 Å². The summed E-state index contributed by atoms with van der Waals surface area (Å²) in [4.78, 5) is 9.32. The molecule has 0 N–H and O–H groups in total. The lowest BCUT2D eigenvalue weighted by atomic mass is 10.1. The largest absolute Gasteiger partial charge is 0.467 e. The Morgan fingerprint density at radius 2 is 2.33 bits per heavy atom. The highest BCUT2D eigenvalue weighted by Crippen LogP contribution is 2.27. The van der Waals surface area contributed by atoms with Crippen molar-refractivity contribution in [3.63, 3.8) is 0 Å². The molecule has 0 bridgehead atoms. The van der Waals surface area contributed by atoms with Crippen molar-refractivity contribution in [2.45, 2.75) is 19.4 Å². The second kappa shape index (κ2) is 5.56. The zero-order chi connectivity index (χ0) is 14.1. The molecule has 4 nitrogen and oxygen atoms in total. The third-order valence-corrected chi connectivity index (χ3v) is 5.20. The molecule has 0 saturated carbocycles. The van der Waals surface area contributed by atoms with E-state index in [2.05, 4.69) is 9.55 Å². The Balaban J connectivity index is 1.73. The Morgan fingerprint density at radius 1 is 1.33 bits per heavy atom. The van der Waals surface area contributed by atoms with Crippen LogP contribution < -0.4 is 0 Å². The maximum atomic E-state index is 5.50. The molecule has 3 aromatic heterocycles. The van der Waals surface area contributed by atoms with E-state index in [4.69, 9.17) is 9.40 Å². The second-order valence-corrected chi connectivity index (χ2v) is 6.62. The third-order valence-electron chi connectivity index (χ3n) is 3.97. The molecule has 108 valence electrons. The molecular weight excluding hydrogens is 282 g/mol. The van der Waals surface area contributed by atoms with Crippen LogP contribution in [0.15, 0.2) is 41.1 Å². The molecule has 1 fully saturated rings. The second-order valence-electron chi connectivity index (χ2n) is 5.47. The number of hydrogen-bond acceptors (Lipinski definition) is 4. The minimum atomic E-state index is 0.704. The van der Waals surface area contributed by atoms with Crippen molar-refractivity contribution in [1.29, 1.82) is 0 Å². The molecular formula is C16H17N3OS. The van der Waals surface area contributed by atoms with Gasteiger partial charge >= 0.3 is 0 Å². The quantitative estimate of drug-likeness (QED) is 0.741. The fourth-order valence-electron chi connectivity index (χ4n) is 2.89. The Bertz CT molecular complexity index is 729. The van der Waals surface area contributed by atoms with E-state index in [1.807, 2.05) is 42.2 Å². The van der Waals surface area contributed by atoms with Gasteiger partial charge < -0.3 is 8.98 Å². The number of aromatic nitrogens is 3. The predicted molar refractivity (Wildman–Crippen MR) is 84.5 cm³/mol. The fraction of sp³-hybridized carbons (Fsp3) is 0.375. The number of furan rings is 1. The van der Waals surface area contributed by atoms with Gasteiger partial charge in [0.1, 0.15) is 17.1 Å². The zero-order valence-electron chi connectivity index (χ0n) is 11.7. The maximum Gasteiger partial charge on any atom is 0.160 e. The molecule has 1 unspecified atom stereocenters. The van der Waals surface area contributed by atoms with E-state index in [1.165, 1.54) is 17.9 Å². The monoisotopic (exact) mass is 299 g/mol. The number of rotatable bonds is 4. The van der Waals surface area contributed by atoms with Gasteiger partial charge in [-0.15, -0.1) is 0 Å². The van der Waals surface area contributed by atoms with Gasteiger partial charge in [-0.05, 0) is 48.1 Å². The lowest BCUT2D eigenvalue weighted by Crippen LogP contribution is -2.11. The van der Waals surface area contributed by atoms with Gasteiger partial charge in [-0.2, -0.15) is 11.8 Å². The first-order chi connectivity index (χ1) is 10.4. The molecule has 0 aliphatic carbocycles. The summed E-state index contributed by atoms with van der Waals surface area (Å²) in [6.07, 6.45) is 5.87. The summed E-state index contributed by atoms with van der Waals surface area (Å²) in [7, 11) is 0. The normalized spacial score (nSPS) is 18.6. The highest BCUT2D eigenvalue weighted by Gasteiger charge is 2.20. The summed E-state index contributed by atoms with van der Waals surface area (Å²) in [6, 6.07) is 7.91. The Labute approximate surface area is 127 Å². The summed E-state index contributed by atoms with van der Waals surface area (Å²) in [5.74, 6) is 5.34. The van der Waals surface area contributed by atoms with Crippen LogP contribution in [-0.2, 0) is 13.0 Å². The molecule has 0 aromatic carbocycles. The van der Waals surface area contributed by atoms with Gasteiger partial charge in [0.25, 0.3) is 0 Å². The van der Waals surface area contributed by atoms with Crippen molar-refractivity contribution in [1.82, 2.24) is 14.5 Å². The van der Waals surface area contributed by atoms with Crippen molar-refractivity contribution in [3.05, 3.63) is 48.3 Å². The molecule has 1 aliphatic rings. The molecule has 1 atom stereocenters. The van der Waals surface area contributed by atoms with E-state index in [1.54, 1.807) is 6.26 Å². The van der Waals surface area contributed by atoms with Gasteiger partial charge in [0, 0.05) is 12.6 Å². The van der Waals surface area contributed by atoms with Crippen LogP contribution in [0.3, 0.4) is 0 Å². The Kier molecular flexibility index (Phi) is 3.43. The van der Waals surface area contributed by atoms with Crippen LogP contribution in [0.2, 0.25) is 0 Å². The molecule has 0 radical (unpaired) electrons. The smallest absolute Gasteiger partial charge is 0.160 e. The summed E-state index contributed by atoms with van der Waals surface area (Å²) in [6.45, 7) is 0.704. The average Bonchev–Trinajstić information content (AvgIpc) is 3.23. The third kappa shape index (κ3) is 2.58. The van der Waals surface area contributed by atoms with Crippen LogP contribution in [0, 0.1) is 5.92 Å². The Hall–Kier alpha value is -1.75. The van der Waals surface area contributed by atoms with Crippen molar-refractivity contribution >= 4 is 22.9 Å². The lowest BCUT2D eigenvalue weighted by Gasteiger charge is -2.10. The van der Waals surface area contributed by atoms with Gasteiger partial charge in [0.15, 0.2) is 5.65 Å². The summed E-state index contributed by atoms with van der Waals surface area (Å²) in [5, 5.41) is 0. The molecule has 0 spiro atoms.